The lowest BCUT2D eigenvalue weighted by Gasteiger charge is -2.22. The molecule has 1 aliphatic heterocycles. The van der Waals surface area contributed by atoms with Crippen LogP contribution in [0.1, 0.15) is 43.1 Å². The molecule has 1 aromatic carbocycles. The average molecular weight is 230 g/mol. The van der Waals surface area contributed by atoms with Gasteiger partial charge in [0, 0.05) is 12.0 Å². The molecule has 0 aliphatic carbocycles. The zero-order valence-corrected chi connectivity index (χ0v) is 10.6. The smallest absolute Gasteiger partial charge is 0.227 e. The maximum atomic E-state index is 12.3. The Hall–Kier alpha value is -1.57. The molecule has 0 atom stereocenters. The van der Waals surface area contributed by atoms with Crippen LogP contribution in [0.25, 0.3) is 0 Å². The van der Waals surface area contributed by atoms with E-state index in [1.807, 2.05) is 30.3 Å². The largest absolute Gasteiger partial charge is 0.489 e. The van der Waals surface area contributed by atoms with Crippen LogP contribution in [0.3, 0.4) is 0 Å². The standard InChI is InChI=1S/C15H18O2/c1-15(2,3)12-8-5-4-7-11(12)14(16)13-9-6-10-17-13/h4-5,7-9H,6,10H2,1-3H3. The zero-order chi connectivity index (χ0) is 12.5. The molecule has 1 heterocycles. The van der Waals surface area contributed by atoms with E-state index in [2.05, 4.69) is 20.8 Å². The Balaban J connectivity index is 2.42. The Morgan fingerprint density at radius 2 is 1.94 bits per heavy atom. The summed E-state index contributed by atoms with van der Waals surface area (Å²) in [7, 11) is 0. The van der Waals surface area contributed by atoms with Crippen molar-refractivity contribution in [3.05, 3.63) is 47.2 Å². The minimum atomic E-state index is -0.0363. The maximum absolute atomic E-state index is 12.3. The molecule has 1 aliphatic rings. The van der Waals surface area contributed by atoms with Crippen LogP contribution < -0.4 is 0 Å². The quantitative estimate of drug-likeness (QED) is 0.727. The first kappa shape index (κ1) is 11.9. The Morgan fingerprint density at radius 1 is 1.24 bits per heavy atom. The van der Waals surface area contributed by atoms with Crippen molar-refractivity contribution in [2.45, 2.75) is 32.6 Å². The Labute approximate surface area is 102 Å². The highest BCUT2D eigenvalue weighted by atomic mass is 16.5. The second-order valence-corrected chi connectivity index (χ2v) is 5.33. The Morgan fingerprint density at radius 3 is 2.53 bits per heavy atom. The van der Waals surface area contributed by atoms with E-state index in [0.29, 0.717) is 12.4 Å². The number of hydrogen-bond donors (Lipinski definition) is 0. The molecule has 0 N–H and O–H groups in total. The highest BCUT2D eigenvalue weighted by molar-refractivity contribution is 6.08. The van der Waals surface area contributed by atoms with Gasteiger partial charge in [-0.2, -0.15) is 0 Å². The summed E-state index contributed by atoms with van der Waals surface area (Å²) in [4.78, 5) is 12.3. The average Bonchev–Trinajstić information content (AvgIpc) is 2.80. The van der Waals surface area contributed by atoms with Crippen LogP contribution in [-0.2, 0) is 10.2 Å². The molecule has 0 amide bonds. The van der Waals surface area contributed by atoms with Gasteiger partial charge in [0.25, 0.3) is 0 Å². The number of benzene rings is 1. The van der Waals surface area contributed by atoms with Gasteiger partial charge in [-0.05, 0) is 17.1 Å². The summed E-state index contributed by atoms with van der Waals surface area (Å²) in [6.07, 6.45) is 2.71. The number of ketones is 1. The van der Waals surface area contributed by atoms with Gasteiger partial charge in [0.2, 0.25) is 5.78 Å². The van der Waals surface area contributed by atoms with Gasteiger partial charge in [-0.3, -0.25) is 4.79 Å². The van der Waals surface area contributed by atoms with Gasteiger partial charge < -0.3 is 4.74 Å². The monoisotopic (exact) mass is 230 g/mol. The SMILES string of the molecule is CC(C)(C)c1ccccc1C(=O)C1=CCCO1. The van der Waals surface area contributed by atoms with Gasteiger partial charge in [0.15, 0.2) is 5.76 Å². The minimum absolute atomic E-state index is 0.00743. The summed E-state index contributed by atoms with van der Waals surface area (Å²) >= 11 is 0. The molecule has 17 heavy (non-hydrogen) atoms. The molecular formula is C15H18O2. The van der Waals surface area contributed by atoms with Crippen molar-refractivity contribution in [1.82, 2.24) is 0 Å². The fourth-order valence-corrected chi connectivity index (χ4v) is 2.04. The minimum Gasteiger partial charge on any atom is -0.489 e. The van der Waals surface area contributed by atoms with Crippen LogP contribution in [0, 0.1) is 0 Å². The molecule has 0 radical (unpaired) electrons. The van der Waals surface area contributed by atoms with Crippen molar-refractivity contribution < 1.29 is 9.53 Å². The van der Waals surface area contributed by atoms with Crippen molar-refractivity contribution >= 4 is 5.78 Å². The van der Waals surface area contributed by atoms with E-state index in [4.69, 9.17) is 4.74 Å². The van der Waals surface area contributed by atoms with Gasteiger partial charge in [-0.15, -0.1) is 0 Å². The predicted molar refractivity (Wildman–Crippen MR) is 68.1 cm³/mol. The summed E-state index contributed by atoms with van der Waals surface area (Å²) in [5.74, 6) is 0.509. The van der Waals surface area contributed by atoms with Gasteiger partial charge >= 0.3 is 0 Å². The van der Waals surface area contributed by atoms with Gasteiger partial charge in [0.1, 0.15) is 0 Å². The molecule has 0 fully saturated rings. The van der Waals surface area contributed by atoms with Crippen molar-refractivity contribution in [3.63, 3.8) is 0 Å². The van der Waals surface area contributed by atoms with Crippen molar-refractivity contribution in [3.8, 4) is 0 Å². The molecule has 2 heteroatoms. The van der Waals surface area contributed by atoms with E-state index >= 15 is 0 Å². The Kier molecular flexibility index (Phi) is 3.05. The molecule has 0 saturated carbocycles. The summed E-state index contributed by atoms with van der Waals surface area (Å²) in [5, 5.41) is 0. The van der Waals surface area contributed by atoms with E-state index < -0.39 is 0 Å². The van der Waals surface area contributed by atoms with E-state index in [-0.39, 0.29) is 11.2 Å². The topological polar surface area (TPSA) is 26.3 Å². The molecule has 0 saturated heterocycles. The fourth-order valence-electron chi connectivity index (χ4n) is 2.04. The normalized spacial score (nSPS) is 15.4. The Bertz CT molecular complexity index is 464. The number of carbonyl (C=O) groups is 1. The molecule has 0 unspecified atom stereocenters. The summed E-state index contributed by atoms with van der Waals surface area (Å²) in [6, 6.07) is 7.77. The van der Waals surface area contributed by atoms with E-state index in [1.165, 1.54) is 0 Å². The third-order valence-electron chi connectivity index (χ3n) is 2.91. The lowest BCUT2D eigenvalue weighted by Crippen LogP contribution is -2.17. The van der Waals surface area contributed by atoms with Crippen molar-refractivity contribution in [2.24, 2.45) is 0 Å². The van der Waals surface area contributed by atoms with Crippen LogP contribution in [0.2, 0.25) is 0 Å². The first-order valence-corrected chi connectivity index (χ1v) is 5.97. The first-order valence-electron chi connectivity index (χ1n) is 5.97. The second-order valence-electron chi connectivity index (χ2n) is 5.33. The highest BCUT2D eigenvalue weighted by Gasteiger charge is 2.24. The van der Waals surface area contributed by atoms with Gasteiger partial charge in [0.05, 0.1) is 6.61 Å². The van der Waals surface area contributed by atoms with E-state index in [0.717, 1.165) is 17.5 Å². The first-order chi connectivity index (χ1) is 8.00. The third kappa shape index (κ3) is 2.41. The molecular weight excluding hydrogens is 212 g/mol. The number of allylic oxidation sites excluding steroid dienone is 1. The van der Waals surface area contributed by atoms with Crippen LogP contribution >= 0.6 is 0 Å². The summed E-state index contributed by atoms with van der Waals surface area (Å²) < 4.78 is 5.35. The highest BCUT2D eigenvalue weighted by Crippen LogP contribution is 2.28. The molecule has 1 aromatic rings. The number of carbonyl (C=O) groups excluding carboxylic acids is 1. The third-order valence-corrected chi connectivity index (χ3v) is 2.91. The van der Waals surface area contributed by atoms with Gasteiger partial charge in [-0.1, -0.05) is 45.0 Å². The molecule has 90 valence electrons. The lowest BCUT2D eigenvalue weighted by atomic mass is 9.82. The summed E-state index contributed by atoms with van der Waals surface area (Å²) in [5.41, 5.74) is 1.79. The predicted octanol–water partition coefficient (Wildman–Crippen LogP) is 3.47. The molecule has 0 aromatic heterocycles. The molecule has 0 spiro atoms. The zero-order valence-electron chi connectivity index (χ0n) is 10.6. The lowest BCUT2D eigenvalue weighted by molar-refractivity contribution is 0.0940. The van der Waals surface area contributed by atoms with Crippen LogP contribution in [0.4, 0.5) is 0 Å². The fraction of sp³-hybridized carbons (Fsp3) is 0.400. The van der Waals surface area contributed by atoms with Crippen molar-refractivity contribution in [1.29, 1.82) is 0 Å². The van der Waals surface area contributed by atoms with Gasteiger partial charge in [-0.25, -0.2) is 0 Å². The number of rotatable bonds is 2. The van der Waals surface area contributed by atoms with Crippen LogP contribution in [0.15, 0.2) is 36.1 Å². The summed E-state index contributed by atoms with van der Waals surface area (Å²) in [6.45, 7) is 6.97. The van der Waals surface area contributed by atoms with Crippen LogP contribution in [-0.4, -0.2) is 12.4 Å². The van der Waals surface area contributed by atoms with E-state index in [1.54, 1.807) is 0 Å². The van der Waals surface area contributed by atoms with Crippen LogP contribution in [0.5, 0.6) is 0 Å². The molecule has 0 bridgehead atoms. The van der Waals surface area contributed by atoms with Crippen molar-refractivity contribution in [2.75, 3.05) is 6.61 Å². The maximum Gasteiger partial charge on any atom is 0.227 e. The number of hydrogen-bond acceptors (Lipinski definition) is 2. The second kappa shape index (κ2) is 4.36. The van der Waals surface area contributed by atoms with E-state index in [9.17, 15) is 4.79 Å². The number of ether oxygens (including phenoxy) is 1. The molecule has 2 nitrogen and oxygen atoms in total. The number of Topliss-reactive ketones (excluding diaryl/α,β-unsaturated/α-hetero) is 1. The molecule has 2 rings (SSSR count).